The zero-order chi connectivity index (χ0) is 31.8. The fourth-order valence-electron chi connectivity index (χ4n) is 7.84. The maximum atomic E-state index is 12.9. The van der Waals surface area contributed by atoms with Crippen molar-refractivity contribution in [1.29, 1.82) is 0 Å². The van der Waals surface area contributed by atoms with Crippen LogP contribution >= 0.6 is 0 Å². The van der Waals surface area contributed by atoms with E-state index in [-0.39, 0.29) is 16.7 Å². The van der Waals surface area contributed by atoms with Crippen LogP contribution in [0.15, 0.2) is 120 Å². The molecule has 5 nitrogen and oxygen atoms in total. The minimum atomic E-state index is -0.159. The second-order valence-electron chi connectivity index (χ2n) is 13.3. The summed E-state index contributed by atoms with van der Waals surface area (Å²) in [5.74, 6) is 0.446. The molecule has 0 bridgehead atoms. The molecule has 232 valence electrons. The van der Waals surface area contributed by atoms with Gasteiger partial charge >= 0.3 is 0 Å². The molecule has 2 N–H and O–H groups in total. The van der Waals surface area contributed by atoms with E-state index in [1.165, 1.54) is 50.3 Å². The number of carbonyl (C=O) groups excluding carboxylic acids is 1. The van der Waals surface area contributed by atoms with E-state index in [0.29, 0.717) is 19.1 Å². The number of nitrogens with one attached hydrogen (secondary N) is 2. The number of amides is 1. The molecule has 2 heterocycles. The van der Waals surface area contributed by atoms with E-state index < -0.39 is 0 Å². The minimum absolute atomic E-state index is 0.0232. The Morgan fingerprint density at radius 3 is 2.58 bits per heavy atom. The topological polar surface area (TPSA) is 47.4 Å². The smallest absolute Gasteiger partial charge is 0.240 e. The molecule has 0 spiro atoms. The average Bonchev–Trinajstić information content (AvgIpc) is 3.71. The summed E-state index contributed by atoms with van der Waals surface area (Å²) in [6.45, 7) is 16.1. The van der Waals surface area contributed by atoms with Gasteiger partial charge in [-0.3, -0.25) is 4.79 Å². The molecule has 6 rings (SSSR count). The Morgan fingerprint density at radius 2 is 1.78 bits per heavy atom. The highest BCUT2D eigenvalue weighted by Gasteiger charge is 2.48. The summed E-state index contributed by atoms with van der Waals surface area (Å²) < 4.78 is 2.45. The standard InChI is InChI=1S/C40H46N4O/c1-7-41-27-42-36(45)26-44-33-25-29-18-16-20-31(29)38(33)40(5,6)35(44)22-13-11-9-10-12-21-34-39(3,4)37-30-19-15-14-17-28(30)23-24-32(37)43(34)8-2/h9-19,21-25,31,41H,7-8,20,26-27H2,1-6H3/p+1. The molecular formula is C40H47N4O+. The first-order valence-corrected chi connectivity index (χ1v) is 16.5. The number of hydrogen-bond acceptors (Lipinski definition) is 3. The first-order valence-electron chi connectivity index (χ1n) is 16.5. The van der Waals surface area contributed by atoms with Gasteiger partial charge in [0.15, 0.2) is 5.71 Å². The van der Waals surface area contributed by atoms with Gasteiger partial charge in [-0.15, -0.1) is 0 Å². The summed E-state index contributed by atoms with van der Waals surface area (Å²) in [5.41, 5.74) is 8.96. The third-order valence-corrected chi connectivity index (χ3v) is 9.89. The Balaban J connectivity index is 1.20. The van der Waals surface area contributed by atoms with Crippen molar-refractivity contribution >= 4 is 28.1 Å². The normalized spacial score (nSPS) is 22.2. The zero-order valence-corrected chi connectivity index (χ0v) is 27.7. The molecule has 1 unspecified atom stereocenters. The van der Waals surface area contributed by atoms with E-state index in [1.54, 1.807) is 0 Å². The largest absolute Gasteiger partial charge is 0.342 e. The molecule has 0 saturated heterocycles. The highest BCUT2D eigenvalue weighted by molar-refractivity contribution is 6.07. The van der Waals surface area contributed by atoms with Gasteiger partial charge in [0.2, 0.25) is 11.6 Å². The number of fused-ring (bicyclic) bond motifs is 5. The van der Waals surface area contributed by atoms with Gasteiger partial charge in [-0.1, -0.05) is 87.6 Å². The van der Waals surface area contributed by atoms with Crippen LogP contribution in [0.1, 0.15) is 53.5 Å². The molecule has 2 aromatic rings. The quantitative estimate of drug-likeness (QED) is 0.128. The Bertz CT molecular complexity index is 1770. The van der Waals surface area contributed by atoms with Crippen LogP contribution in [0.5, 0.6) is 0 Å². The van der Waals surface area contributed by atoms with Crippen molar-refractivity contribution < 1.29 is 9.37 Å². The van der Waals surface area contributed by atoms with Gasteiger partial charge < -0.3 is 15.5 Å². The van der Waals surface area contributed by atoms with E-state index in [1.807, 2.05) is 6.92 Å². The third-order valence-electron chi connectivity index (χ3n) is 9.89. The summed E-state index contributed by atoms with van der Waals surface area (Å²) in [6.07, 6.45) is 22.9. The third kappa shape index (κ3) is 5.37. The molecule has 0 aromatic heterocycles. The average molecular weight is 600 g/mol. The van der Waals surface area contributed by atoms with Gasteiger partial charge in [0, 0.05) is 40.4 Å². The van der Waals surface area contributed by atoms with Crippen LogP contribution in [0.4, 0.5) is 5.69 Å². The molecule has 4 aliphatic rings. The van der Waals surface area contributed by atoms with Crippen molar-refractivity contribution in [3.05, 3.63) is 125 Å². The molecule has 2 aliphatic carbocycles. The van der Waals surface area contributed by atoms with Crippen LogP contribution in [-0.4, -0.2) is 47.4 Å². The van der Waals surface area contributed by atoms with Gasteiger partial charge in [-0.25, -0.2) is 0 Å². The predicted molar refractivity (Wildman–Crippen MR) is 187 cm³/mol. The minimum Gasteiger partial charge on any atom is -0.342 e. The van der Waals surface area contributed by atoms with Crippen LogP contribution < -0.4 is 10.6 Å². The molecular weight excluding hydrogens is 552 g/mol. The van der Waals surface area contributed by atoms with Gasteiger partial charge in [0.05, 0.1) is 12.1 Å². The van der Waals surface area contributed by atoms with Crippen molar-refractivity contribution in [2.75, 3.05) is 26.3 Å². The lowest BCUT2D eigenvalue weighted by Gasteiger charge is -2.31. The number of allylic oxidation sites excluding steroid dienone is 12. The monoisotopic (exact) mass is 599 g/mol. The number of benzene rings is 2. The van der Waals surface area contributed by atoms with Gasteiger partial charge in [0.25, 0.3) is 0 Å². The molecule has 2 aliphatic heterocycles. The lowest BCUT2D eigenvalue weighted by Crippen LogP contribution is -2.40. The fourth-order valence-corrected chi connectivity index (χ4v) is 7.84. The van der Waals surface area contributed by atoms with Crippen LogP contribution in [0.3, 0.4) is 0 Å². The van der Waals surface area contributed by atoms with Crippen LogP contribution in [0, 0.1) is 11.3 Å². The predicted octanol–water partition coefficient (Wildman–Crippen LogP) is 7.58. The molecule has 0 saturated carbocycles. The number of nitrogens with zero attached hydrogens (tertiary/aromatic N) is 2. The van der Waals surface area contributed by atoms with Gasteiger partial charge in [-0.2, -0.15) is 4.58 Å². The highest BCUT2D eigenvalue weighted by atomic mass is 16.2. The number of hydrogen-bond donors (Lipinski definition) is 2. The Labute approximate surface area is 268 Å². The first-order chi connectivity index (χ1) is 21.7. The molecule has 1 amide bonds. The summed E-state index contributed by atoms with van der Waals surface area (Å²) in [7, 11) is 0. The lowest BCUT2D eigenvalue weighted by molar-refractivity contribution is -0.433. The fraction of sp³-hybridized carbons (Fsp3) is 0.350. The van der Waals surface area contributed by atoms with Gasteiger partial charge in [-0.05, 0) is 73.9 Å². The SMILES string of the molecule is CCNCNC(=O)CN1C2=C(C3CC=CC3=C2)C(C)(C)\C1=C/C=C/C=C/C=C/C1=[N+](CC)c2ccc3ccccc3c2C1(C)C. The van der Waals surface area contributed by atoms with Gasteiger partial charge in [0.1, 0.15) is 13.1 Å². The van der Waals surface area contributed by atoms with E-state index >= 15 is 0 Å². The van der Waals surface area contributed by atoms with Crippen molar-refractivity contribution in [3.8, 4) is 0 Å². The Morgan fingerprint density at radius 1 is 1.00 bits per heavy atom. The van der Waals surface area contributed by atoms with Crippen molar-refractivity contribution in [2.24, 2.45) is 11.3 Å². The zero-order valence-electron chi connectivity index (χ0n) is 27.7. The highest BCUT2D eigenvalue weighted by Crippen LogP contribution is 2.57. The van der Waals surface area contributed by atoms with Crippen LogP contribution in [-0.2, 0) is 10.2 Å². The van der Waals surface area contributed by atoms with E-state index in [9.17, 15) is 4.79 Å². The second kappa shape index (κ2) is 12.3. The number of rotatable bonds is 10. The van der Waals surface area contributed by atoms with E-state index in [0.717, 1.165) is 19.5 Å². The molecule has 2 aromatic carbocycles. The summed E-state index contributed by atoms with van der Waals surface area (Å²) in [6, 6.07) is 13.2. The summed E-state index contributed by atoms with van der Waals surface area (Å²) >= 11 is 0. The Kier molecular flexibility index (Phi) is 8.41. The lowest BCUT2D eigenvalue weighted by atomic mass is 9.76. The second-order valence-corrected chi connectivity index (χ2v) is 13.3. The van der Waals surface area contributed by atoms with Crippen molar-refractivity contribution in [1.82, 2.24) is 15.5 Å². The molecule has 5 heteroatoms. The van der Waals surface area contributed by atoms with Crippen LogP contribution in [0.25, 0.3) is 10.8 Å². The molecule has 1 atom stereocenters. The maximum absolute atomic E-state index is 12.9. The molecule has 0 radical (unpaired) electrons. The van der Waals surface area contributed by atoms with E-state index in [4.69, 9.17) is 0 Å². The molecule has 0 fully saturated rings. The summed E-state index contributed by atoms with van der Waals surface area (Å²) in [4.78, 5) is 15.2. The maximum Gasteiger partial charge on any atom is 0.240 e. The van der Waals surface area contributed by atoms with E-state index in [2.05, 4.69) is 152 Å². The number of carbonyl (C=O) groups is 1. The molecule has 45 heavy (non-hydrogen) atoms. The van der Waals surface area contributed by atoms with Crippen molar-refractivity contribution in [3.63, 3.8) is 0 Å². The van der Waals surface area contributed by atoms with Crippen molar-refractivity contribution in [2.45, 2.75) is 53.4 Å². The Hall–Kier alpha value is -4.22. The summed E-state index contributed by atoms with van der Waals surface area (Å²) in [5, 5.41) is 8.82. The van der Waals surface area contributed by atoms with Crippen LogP contribution in [0.2, 0.25) is 0 Å². The first kappa shape index (κ1) is 30.8.